The number of piperidine rings is 2. The summed E-state index contributed by atoms with van der Waals surface area (Å²) in [5, 5.41) is 0.923. The van der Waals surface area contributed by atoms with Crippen molar-refractivity contribution in [2.45, 2.75) is 36.8 Å². The lowest BCUT2D eigenvalue weighted by molar-refractivity contribution is -0.133. The van der Waals surface area contributed by atoms with Gasteiger partial charge in [-0.05, 0) is 69.8 Å². The third-order valence-electron chi connectivity index (χ3n) is 5.65. The lowest BCUT2D eigenvalue weighted by Crippen LogP contribution is -2.49. The molecular weight excluding hydrogens is 403 g/mol. The second-order valence-electron chi connectivity index (χ2n) is 7.39. The second-order valence-corrected chi connectivity index (χ2v) is 8.43. The molecule has 154 valence electrons. The van der Waals surface area contributed by atoms with Crippen LogP contribution in [0.5, 0.6) is 0 Å². The maximum atomic E-state index is 12.6. The predicted octanol–water partition coefficient (Wildman–Crippen LogP) is 2.93. The monoisotopic (exact) mass is 434 g/mol. The van der Waals surface area contributed by atoms with Gasteiger partial charge >= 0.3 is 0 Å². The van der Waals surface area contributed by atoms with Gasteiger partial charge in [-0.2, -0.15) is 0 Å². The van der Waals surface area contributed by atoms with Crippen LogP contribution in [0.4, 0.5) is 0 Å². The first-order valence-corrected chi connectivity index (χ1v) is 10.4. The number of amides is 1. The molecule has 0 aliphatic carbocycles. The number of carbonyl (C=O) groups is 1. The van der Waals surface area contributed by atoms with Gasteiger partial charge in [0.15, 0.2) is 0 Å². The lowest BCUT2D eigenvalue weighted by atomic mass is 9.79. The topological polar surface area (TPSA) is 62.5 Å². The number of likely N-dealkylation sites (tertiary alicyclic amines) is 2. The van der Waals surface area contributed by atoms with E-state index in [1.807, 2.05) is 23.1 Å². The summed E-state index contributed by atoms with van der Waals surface area (Å²) in [6, 6.07) is 5.36. The van der Waals surface area contributed by atoms with Gasteiger partial charge in [0.1, 0.15) is 0 Å². The molecule has 8 heteroatoms. The average molecular weight is 435 g/mol. The molecule has 2 fully saturated rings. The molecule has 2 N–H and O–H groups in total. The summed E-state index contributed by atoms with van der Waals surface area (Å²) >= 11 is 1.56. The summed E-state index contributed by atoms with van der Waals surface area (Å²) in [4.78, 5) is 21.3. The van der Waals surface area contributed by atoms with E-state index in [0.29, 0.717) is 5.75 Å². The maximum absolute atomic E-state index is 12.6. The summed E-state index contributed by atoms with van der Waals surface area (Å²) in [6.45, 7) is 4.19. The first kappa shape index (κ1) is 24.5. The van der Waals surface area contributed by atoms with E-state index in [0.717, 1.165) is 42.8 Å². The largest absolute Gasteiger partial charge is 0.341 e. The van der Waals surface area contributed by atoms with Crippen molar-refractivity contribution >= 4 is 42.5 Å². The van der Waals surface area contributed by atoms with Gasteiger partial charge in [-0.25, -0.2) is 4.98 Å². The van der Waals surface area contributed by atoms with E-state index in [1.54, 1.807) is 18.0 Å². The molecule has 2 aliphatic rings. The van der Waals surface area contributed by atoms with E-state index in [4.69, 9.17) is 5.73 Å². The van der Waals surface area contributed by atoms with Gasteiger partial charge in [0, 0.05) is 25.0 Å². The Morgan fingerprint density at radius 3 is 2.30 bits per heavy atom. The summed E-state index contributed by atoms with van der Waals surface area (Å²) in [7, 11) is 2.21. The fraction of sp³-hybridized carbons (Fsp3) is 0.684. The van der Waals surface area contributed by atoms with Crippen LogP contribution in [0.3, 0.4) is 0 Å². The van der Waals surface area contributed by atoms with Crippen LogP contribution in [-0.2, 0) is 4.79 Å². The number of rotatable bonds is 5. The molecule has 0 saturated carbocycles. The second kappa shape index (κ2) is 12.1. The fourth-order valence-corrected chi connectivity index (χ4v) is 4.81. The molecule has 0 aromatic carbocycles. The summed E-state index contributed by atoms with van der Waals surface area (Å²) < 4.78 is 0. The van der Waals surface area contributed by atoms with Crippen LogP contribution in [0.15, 0.2) is 29.4 Å². The zero-order chi connectivity index (χ0) is 17.6. The van der Waals surface area contributed by atoms with Gasteiger partial charge in [-0.1, -0.05) is 6.07 Å². The number of hydrogen-bond donors (Lipinski definition) is 1. The molecule has 0 bridgehead atoms. The van der Waals surface area contributed by atoms with Crippen molar-refractivity contribution < 1.29 is 4.79 Å². The van der Waals surface area contributed by atoms with E-state index in [2.05, 4.69) is 16.9 Å². The van der Waals surface area contributed by atoms with Crippen molar-refractivity contribution in [1.82, 2.24) is 14.8 Å². The fourth-order valence-electron chi connectivity index (χ4n) is 4.00. The summed E-state index contributed by atoms with van der Waals surface area (Å²) in [5.41, 5.74) is 6.14. The van der Waals surface area contributed by atoms with Gasteiger partial charge in [0.25, 0.3) is 0 Å². The number of thioether (sulfide) groups is 1. The number of pyridine rings is 1. The zero-order valence-electron chi connectivity index (χ0n) is 16.0. The van der Waals surface area contributed by atoms with E-state index in [1.165, 1.54) is 25.9 Å². The summed E-state index contributed by atoms with van der Waals surface area (Å²) in [6.07, 6.45) is 6.68. The van der Waals surface area contributed by atoms with Crippen molar-refractivity contribution in [3.8, 4) is 0 Å². The molecule has 1 amide bonds. The number of carbonyl (C=O) groups excluding carboxylic acids is 1. The standard InChI is InChI=1S/C19H30N4OS.2ClH/c1-22-10-5-15(6-11-22)16-7-12-23(13-8-16)19(24)17(20)14-25-18-4-2-3-9-21-18;;/h2-4,9,15-17H,5-8,10-14,20H2,1H3;2*1H/t17-;;/m1../s1. The van der Waals surface area contributed by atoms with E-state index in [9.17, 15) is 4.79 Å². The Labute approximate surface area is 179 Å². The Balaban J connectivity index is 0.00000182. The SMILES string of the molecule is CN1CCC(C2CCN(C(=O)[C@H](N)CSc3ccccn3)CC2)CC1.Cl.Cl. The van der Waals surface area contributed by atoms with Crippen LogP contribution in [0.25, 0.3) is 0 Å². The smallest absolute Gasteiger partial charge is 0.240 e. The minimum Gasteiger partial charge on any atom is -0.341 e. The molecule has 1 aromatic rings. The molecule has 3 heterocycles. The first-order valence-electron chi connectivity index (χ1n) is 9.40. The van der Waals surface area contributed by atoms with Gasteiger partial charge in [0.2, 0.25) is 5.91 Å². The summed E-state index contributed by atoms with van der Waals surface area (Å²) in [5.74, 6) is 2.33. The number of nitrogens with zero attached hydrogens (tertiary/aromatic N) is 3. The molecule has 1 atom stereocenters. The van der Waals surface area contributed by atoms with Gasteiger partial charge in [-0.15, -0.1) is 36.6 Å². The molecule has 2 aliphatic heterocycles. The Hall–Kier alpha value is -0.530. The number of aromatic nitrogens is 1. The average Bonchev–Trinajstić information content (AvgIpc) is 2.67. The molecule has 27 heavy (non-hydrogen) atoms. The van der Waals surface area contributed by atoms with Gasteiger partial charge in [0.05, 0.1) is 11.1 Å². The van der Waals surface area contributed by atoms with Gasteiger partial charge in [-0.3, -0.25) is 4.79 Å². The van der Waals surface area contributed by atoms with Crippen molar-refractivity contribution in [3.05, 3.63) is 24.4 Å². The van der Waals surface area contributed by atoms with Crippen LogP contribution >= 0.6 is 36.6 Å². The highest BCUT2D eigenvalue weighted by Gasteiger charge is 2.31. The van der Waals surface area contributed by atoms with E-state index < -0.39 is 6.04 Å². The highest BCUT2D eigenvalue weighted by Crippen LogP contribution is 2.32. The molecule has 0 unspecified atom stereocenters. The predicted molar refractivity (Wildman–Crippen MR) is 117 cm³/mol. The number of nitrogens with two attached hydrogens (primary N) is 1. The highest BCUT2D eigenvalue weighted by molar-refractivity contribution is 7.99. The minimum absolute atomic E-state index is 0. The van der Waals surface area contributed by atoms with Crippen molar-refractivity contribution in [2.75, 3.05) is 39.0 Å². The minimum atomic E-state index is -0.438. The Bertz CT molecular complexity index is 550. The first-order chi connectivity index (χ1) is 12.1. The normalized spacial score (nSPS) is 20.4. The van der Waals surface area contributed by atoms with Crippen LogP contribution in [-0.4, -0.2) is 65.7 Å². The van der Waals surface area contributed by atoms with Gasteiger partial charge < -0.3 is 15.5 Å². The maximum Gasteiger partial charge on any atom is 0.240 e. The molecule has 1 aromatic heterocycles. The molecule has 2 saturated heterocycles. The molecule has 0 radical (unpaired) electrons. The van der Waals surface area contributed by atoms with E-state index in [-0.39, 0.29) is 30.7 Å². The third-order valence-corrected chi connectivity index (χ3v) is 6.71. The van der Waals surface area contributed by atoms with Crippen molar-refractivity contribution in [1.29, 1.82) is 0 Å². The quantitative estimate of drug-likeness (QED) is 0.721. The van der Waals surface area contributed by atoms with Crippen LogP contribution < -0.4 is 5.73 Å². The lowest BCUT2D eigenvalue weighted by Gasteiger charge is -2.40. The highest BCUT2D eigenvalue weighted by atomic mass is 35.5. The Morgan fingerprint density at radius 2 is 1.74 bits per heavy atom. The number of hydrogen-bond acceptors (Lipinski definition) is 5. The zero-order valence-corrected chi connectivity index (χ0v) is 18.4. The van der Waals surface area contributed by atoms with Crippen LogP contribution in [0.2, 0.25) is 0 Å². The van der Waals surface area contributed by atoms with Crippen molar-refractivity contribution in [3.63, 3.8) is 0 Å². The number of halogens is 2. The molecule has 5 nitrogen and oxygen atoms in total. The Kier molecular flexibility index (Phi) is 11.0. The third kappa shape index (κ3) is 7.09. The molecule has 0 spiro atoms. The van der Waals surface area contributed by atoms with Crippen LogP contribution in [0.1, 0.15) is 25.7 Å². The Morgan fingerprint density at radius 1 is 1.15 bits per heavy atom. The molecular formula is C19H32Cl2N4OS. The van der Waals surface area contributed by atoms with E-state index >= 15 is 0 Å². The molecule has 3 rings (SSSR count). The van der Waals surface area contributed by atoms with Crippen molar-refractivity contribution in [2.24, 2.45) is 17.6 Å². The van der Waals surface area contributed by atoms with Crippen LogP contribution in [0, 0.1) is 11.8 Å².